The van der Waals surface area contributed by atoms with Gasteiger partial charge in [-0.1, -0.05) is 30.2 Å². The quantitative estimate of drug-likeness (QED) is 0.0957. The van der Waals surface area contributed by atoms with Gasteiger partial charge >= 0.3 is 12.0 Å². The van der Waals surface area contributed by atoms with Gasteiger partial charge in [-0.25, -0.2) is 9.59 Å². The number of aromatic nitrogens is 1. The van der Waals surface area contributed by atoms with Gasteiger partial charge < -0.3 is 34.5 Å². The second-order valence-electron chi connectivity index (χ2n) is 8.85. The number of hydrogen-bond acceptors (Lipinski definition) is 8. The van der Waals surface area contributed by atoms with Crippen molar-refractivity contribution in [3.8, 4) is 23.8 Å². The third-order valence-electron chi connectivity index (χ3n) is 6.18. The van der Waals surface area contributed by atoms with Gasteiger partial charge in [0.25, 0.3) is 0 Å². The number of hydrazone groups is 1. The molecular weight excluding hydrogens is 514 g/mol. The number of aliphatic hydroxyl groups is 1. The number of benzene rings is 2. The molecule has 11 nitrogen and oxygen atoms in total. The Hall–Kier alpha value is -4.95. The van der Waals surface area contributed by atoms with Gasteiger partial charge in [0.2, 0.25) is 0 Å². The molecule has 40 heavy (non-hydrogen) atoms. The number of nitrogens with zero attached hydrogens (tertiary/aromatic N) is 2. The molecule has 2 aromatic carbocycles. The SMILES string of the molecule is C#CCn1cc(/C=N/N[C@H](O)COc2ccc([C@H]3NC(=O)NC(C)=C3C(=O)OC)cc2OCC)c2ccccc21. The summed E-state index contributed by atoms with van der Waals surface area (Å²) < 4.78 is 18.4. The highest BCUT2D eigenvalue weighted by atomic mass is 16.5. The molecule has 208 valence electrons. The number of fused-ring (bicyclic) bond motifs is 1. The summed E-state index contributed by atoms with van der Waals surface area (Å²) in [4.78, 5) is 24.5. The van der Waals surface area contributed by atoms with Crippen molar-refractivity contribution >= 4 is 29.1 Å². The monoisotopic (exact) mass is 545 g/mol. The van der Waals surface area contributed by atoms with Gasteiger partial charge in [-0.3, -0.25) is 5.43 Å². The Balaban J connectivity index is 1.45. The zero-order valence-corrected chi connectivity index (χ0v) is 22.4. The molecule has 0 aliphatic carbocycles. The summed E-state index contributed by atoms with van der Waals surface area (Å²) in [6.07, 6.45) is 7.88. The topological polar surface area (TPSA) is 135 Å². The summed E-state index contributed by atoms with van der Waals surface area (Å²) in [7, 11) is 1.28. The van der Waals surface area contributed by atoms with Crippen LogP contribution >= 0.6 is 0 Å². The largest absolute Gasteiger partial charge is 0.490 e. The first-order chi connectivity index (χ1) is 19.4. The molecule has 1 aliphatic rings. The number of esters is 1. The number of hydrogen-bond donors (Lipinski definition) is 4. The van der Waals surface area contributed by atoms with Crippen LogP contribution in [0.25, 0.3) is 10.9 Å². The smallest absolute Gasteiger partial charge is 0.337 e. The van der Waals surface area contributed by atoms with Crippen LogP contribution in [0, 0.1) is 12.3 Å². The van der Waals surface area contributed by atoms with E-state index in [2.05, 4.69) is 27.1 Å². The van der Waals surface area contributed by atoms with Gasteiger partial charge in [0.1, 0.15) is 6.61 Å². The van der Waals surface area contributed by atoms with Crippen molar-refractivity contribution in [3.05, 3.63) is 71.1 Å². The number of allylic oxidation sites excluding steroid dienone is 1. The number of para-hydroxylation sites is 1. The minimum absolute atomic E-state index is 0.133. The van der Waals surface area contributed by atoms with E-state index in [1.54, 1.807) is 31.3 Å². The minimum atomic E-state index is -1.12. The van der Waals surface area contributed by atoms with Gasteiger partial charge in [-0.15, -0.1) is 6.42 Å². The molecule has 0 saturated carbocycles. The van der Waals surface area contributed by atoms with Crippen molar-refractivity contribution < 1.29 is 28.9 Å². The molecule has 2 atom stereocenters. The van der Waals surface area contributed by atoms with Crippen molar-refractivity contribution in [1.29, 1.82) is 0 Å². The van der Waals surface area contributed by atoms with E-state index in [1.165, 1.54) is 7.11 Å². The third-order valence-corrected chi connectivity index (χ3v) is 6.18. The zero-order chi connectivity index (χ0) is 28.6. The molecule has 0 spiro atoms. The second kappa shape index (κ2) is 12.7. The van der Waals surface area contributed by atoms with Crippen LogP contribution in [0.3, 0.4) is 0 Å². The number of carbonyl (C=O) groups excluding carboxylic acids is 2. The van der Waals surface area contributed by atoms with Crippen LogP contribution in [0.4, 0.5) is 4.79 Å². The van der Waals surface area contributed by atoms with Crippen molar-refractivity contribution in [2.45, 2.75) is 32.7 Å². The van der Waals surface area contributed by atoms with Crippen molar-refractivity contribution in [2.75, 3.05) is 20.3 Å². The number of ether oxygens (including phenoxy) is 3. The Kier molecular flexibility index (Phi) is 8.93. The van der Waals surface area contributed by atoms with Crippen LogP contribution in [0.2, 0.25) is 0 Å². The number of nitrogens with one attached hydrogen (secondary N) is 3. The van der Waals surface area contributed by atoms with Crippen molar-refractivity contribution in [2.24, 2.45) is 5.10 Å². The number of terminal acetylenes is 1. The highest BCUT2D eigenvalue weighted by molar-refractivity contribution is 5.99. The van der Waals surface area contributed by atoms with Gasteiger partial charge in [-0.05, 0) is 37.6 Å². The molecule has 4 rings (SSSR count). The number of rotatable bonds is 11. The predicted octanol–water partition coefficient (Wildman–Crippen LogP) is 2.80. The summed E-state index contributed by atoms with van der Waals surface area (Å²) >= 11 is 0. The zero-order valence-electron chi connectivity index (χ0n) is 22.4. The summed E-state index contributed by atoms with van der Waals surface area (Å²) in [5.41, 5.74) is 5.76. The summed E-state index contributed by atoms with van der Waals surface area (Å²) in [5.74, 6) is 2.82. The first kappa shape index (κ1) is 28.1. The number of carbonyl (C=O) groups is 2. The lowest BCUT2D eigenvalue weighted by atomic mass is 9.95. The molecule has 2 amide bonds. The number of aliphatic hydroxyl groups excluding tert-OH is 1. The van der Waals surface area contributed by atoms with E-state index in [4.69, 9.17) is 20.6 Å². The van der Waals surface area contributed by atoms with Crippen LogP contribution in [0.1, 0.15) is 31.0 Å². The second-order valence-corrected chi connectivity index (χ2v) is 8.85. The maximum atomic E-state index is 12.4. The predicted molar refractivity (Wildman–Crippen MR) is 150 cm³/mol. The number of methoxy groups -OCH3 is 1. The molecule has 0 saturated heterocycles. The maximum absolute atomic E-state index is 12.4. The average Bonchev–Trinajstić information content (AvgIpc) is 3.29. The van der Waals surface area contributed by atoms with E-state index in [1.807, 2.05) is 42.0 Å². The fourth-order valence-electron chi connectivity index (χ4n) is 4.42. The Morgan fingerprint density at radius 1 is 1.27 bits per heavy atom. The van der Waals surface area contributed by atoms with E-state index in [9.17, 15) is 14.7 Å². The Labute approximate surface area is 231 Å². The molecule has 11 heteroatoms. The van der Waals surface area contributed by atoms with E-state index in [-0.39, 0.29) is 12.2 Å². The fourth-order valence-corrected chi connectivity index (χ4v) is 4.42. The minimum Gasteiger partial charge on any atom is -0.490 e. The highest BCUT2D eigenvalue weighted by Gasteiger charge is 2.32. The van der Waals surface area contributed by atoms with Crippen LogP contribution < -0.4 is 25.5 Å². The lowest BCUT2D eigenvalue weighted by Gasteiger charge is -2.28. The van der Waals surface area contributed by atoms with Gasteiger partial charge in [0.05, 0.1) is 38.1 Å². The summed E-state index contributed by atoms with van der Waals surface area (Å²) in [5, 5.41) is 20.9. The van der Waals surface area contributed by atoms with Crippen LogP contribution in [-0.4, -0.2) is 54.4 Å². The summed E-state index contributed by atoms with van der Waals surface area (Å²) in [6, 6.07) is 11.7. The average molecular weight is 546 g/mol. The summed E-state index contributed by atoms with van der Waals surface area (Å²) in [6.45, 7) is 4.09. The van der Waals surface area contributed by atoms with Gasteiger partial charge in [-0.2, -0.15) is 5.10 Å². The molecule has 0 bridgehead atoms. The fraction of sp³-hybridized carbons (Fsp3) is 0.276. The van der Waals surface area contributed by atoms with Crippen LogP contribution in [-0.2, 0) is 16.1 Å². The molecule has 1 aliphatic heterocycles. The molecular formula is C29H31N5O6. The molecule has 1 aromatic heterocycles. The molecule has 4 N–H and O–H groups in total. The van der Waals surface area contributed by atoms with Gasteiger partial charge in [0.15, 0.2) is 17.7 Å². The van der Waals surface area contributed by atoms with E-state index in [0.717, 1.165) is 16.5 Å². The number of amides is 2. The lowest BCUT2D eigenvalue weighted by molar-refractivity contribution is -0.136. The van der Waals surface area contributed by atoms with Gasteiger partial charge in [0, 0.05) is 28.4 Å². The lowest BCUT2D eigenvalue weighted by Crippen LogP contribution is -2.45. The normalized spacial score (nSPS) is 15.8. The van der Waals surface area contributed by atoms with Crippen molar-refractivity contribution in [3.63, 3.8) is 0 Å². The Morgan fingerprint density at radius 2 is 2.08 bits per heavy atom. The molecule has 0 unspecified atom stereocenters. The molecule has 3 aromatic rings. The Morgan fingerprint density at radius 3 is 2.83 bits per heavy atom. The maximum Gasteiger partial charge on any atom is 0.337 e. The first-order valence-corrected chi connectivity index (χ1v) is 12.6. The van der Waals surface area contributed by atoms with E-state index in [0.29, 0.717) is 35.9 Å². The van der Waals surface area contributed by atoms with Crippen LogP contribution in [0.5, 0.6) is 11.5 Å². The van der Waals surface area contributed by atoms with E-state index >= 15 is 0 Å². The number of urea groups is 1. The molecule has 0 fully saturated rings. The van der Waals surface area contributed by atoms with E-state index < -0.39 is 24.3 Å². The Bertz CT molecular complexity index is 1500. The molecule has 0 radical (unpaired) electrons. The van der Waals surface area contributed by atoms with Crippen LogP contribution in [0.15, 0.2) is 65.0 Å². The van der Waals surface area contributed by atoms with Crippen molar-refractivity contribution in [1.82, 2.24) is 20.6 Å². The molecule has 2 heterocycles. The first-order valence-electron chi connectivity index (χ1n) is 12.6. The third kappa shape index (κ3) is 6.19. The highest BCUT2D eigenvalue weighted by Crippen LogP contribution is 2.35. The standard InChI is InChI=1S/C29H31N5O6/c1-5-13-34-16-20(21-9-7-8-10-22(21)34)15-30-33-25(35)17-40-23-12-11-19(14-24(23)39-6-2)27-26(28(36)38-4)18(3)31-29(37)32-27/h1,7-12,14-16,25,27,33,35H,6,13,17H2,2-4H3,(H2,31,32,37)/b30-15+/t25-,27-/m1/s1.